The van der Waals surface area contributed by atoms with E-state index in [0.717, 1.165) is 0 Å². The van der Waals surface area contributed by atoms with E-state index in [1.807, 2.05) is 13.8 Å². The van der Waals surface area contributed by atoms with E-state index in [-0.39, 0.29) is 18.5 Å². The minimum absolute atomic E-state index is 0.186. The predicted octanol–water partition coefficient (Wildman–Crippen LogP) is 2.66. The first-order valence-corrected chi connectivity index (χ1v) is 9.47. The zero-order valence-electron chi connectivity index (χ0n) is 15.6. The summed E-state index contributed by atoms with van der Waals surface area (Å²) >= 11 is 5.84. The van der Waals surface area contributed by atoms with E-state index >= 15 is 0 Å². The summed E-state index contributed by atoms with van der Waals surface area (Å²) in [4.78, 5) is 38.1. The van der Waals surface area contributed by atoms with E-state index in [1.54, 1.807) is 29.2 Å². The van der Waals surface area contributed by atoms with Gasteiger partial charge in [-0.25, -0.2) is 9.59 Å². The van der Waals surface area contributed by atoms with Crippen molar-refractivity contribution in [3.05, 3.63) is 34.9 Å². The summed E-state index contributed by atoms with van der Waals surface area (Å²) in [5, 5.41) is 15.4. The lowest BCUT2D eigenvalue weighted by Gasteiger charge is -2.32. The first-order chi connectivity index (χ1) is 12.8. The number of urea groups is 1. The van der Waals surface area contributed by atoms with Crippen LogP contribution in [0.2, 0.25) is 5.02 Å². The number of carboxylic acid groups (broad SMARTS) is 1. The Morgan fingerprint density at radius 3 is 2.52 bits per heavy atom. The highest BCUT2D eigenvalue weighted by molar-refractivity contribution is 6.30. The number of hydrogen-bond donors (Lipinski definition) is 3. The van der Waals surface area contributed by atoms with Crippen molar-refractivity contribution >= 4 is 29.5 Å². The number of piperidine rings is 1. The zero-order valence-corrected chi connectivity index (χ0v) is 16.3. The summed E-state index contributed by atoms with van der Waals surface area (Å²) in [6, 6.07) is 4.98. The van der Waals surface area contributed by atoms with Crippen LogP contribution in [-0.4, -0.2) is 47.5 Å². The van der Waals surface area contributed by atoms with Crippen LogP contribution in [0, 0.1) is 11.8 Å². The molecule has 2 unspecified atom stereocenters. The van der Waals surface area contributed by atoms with Crippen molar-refractivity contribution in [2.45, 2.75) is 32.7 Å². The van der Waals surface area contributed by atoms with E-state index in [0.29, 0.717) is 42.4 Å². The van der Waals surface area contributed by atoms with Crippen molar-refractivity contribution in [1.29, 1.82) is 0 Å². The number of likely N-dealkylation sites (tertiary alicyclic amines) is 1. The maximum absolute atomic E-state index is 12.6. The van der Waals surface area contributed by atoms with Crippen LogP contribution < -0.4 is 10.6 Å². The quantitative estimate of drug-likeness (QED) is 0.689. The van der Waals surface area contributed by atoms with Gasteiger partial charge in [0, 0.05) is 24.7 Å². The maximum atomic E-state index is 12.6. The average molecular weight is 396 g/mol. The fourth-order valence-electron chi connectivity index (χ4n) is 2.98. The van der Waals surface area contributed by atoms with Crippen LogP contribution in [0.4, 0.5) is 4.79 Å². The lowest BCUT2D eigenvalue weighted by Crippen LogP contribution is -2.50. The summed E-state index contributed by atoms with van der Waals surface area (Å²) < 4.78 is 0. The molecule has 8 heteroatoms. The van der Waals surface area contributed by atoms with Crippen LogP contribution in [0.1, 0.15) is 38.3 Å². The number of nitrogens with one attached hydrogen (secondary N) is 2. The first-order valence-electron chi connectivity index (χ1n) is 9.09. The molecule has 1 aromatic rings. The second kappa shape index (κ2) is 9.60. The van der Waals surface area contributed by atoms with Crippen molar-refractivity contribution in [3.8, 4) is 0 Å². The summed E-state index contributed by atoms with van der Waals surface area (Å²) in [5.74, 6) is -1.60. The zero-order chi connectivity index (χ0) is 20.0. The number of carbonyl (C=O) groups excluding carboxylic acids is 2. The molecule has 1 fully saturated rings. The van der Waals surface area contributed by atoms with E-state index < -0.39 is 17.9 Å². The standard InChI is InChI=1S/C19H26ClN3O4/c1-12(2)10-21-19(27)23-9-3-4-14(11-23)17(24)22-16(18(25)26)13-5-7-15(20)8-6-13/h5-8,12,14,16H,3-4,9-11H2,1-2H3,(H,21,27)(H,22,24)(H,25,26). The van der Waals surface area contributed by atoms with Gasteiger partial charge in [-0.15, -0.1) is 0 Å². The van der Waals surface area contributed by atoms with E-state index in [9.17, 15) is 19.5 Å². The molecule has 0 radical (unpaired) electrons. The fraction of sp³-hybridized carbons (Fsp3) is 0.526. The van der Waals surface area contributed by atoms with Crippen molar-refractivity contribution in [1.82, 2.24) is 15.5 Å². The van der Waals surface area contributed by atoms with Gasteiger partial charge in [-0.3, -0.25) is 4.79 Å². The van der Waals surface area contributed by atoms with Crippen LogP contribution >= 0.6 is 11.6 Å². The Labute approximate surface area is 164 Å². The van der Waals surface area contributed by atoms with Crippen LogP contribution in [0.25, 0.3) is 0 Å². The second-order valence-corrected chi connectivity index (χ2v) is 7.63. The molecule has 1 aromatic carbocycles. The number of carbonyl (C=O) groups is 3. The monoisotopic (exact) mass is 395 g/mol. The lowest BCUT2D eigenvalue weighted by atomic mass is 9.96. The summed E-state index contributed by atoms with van der Waals surface area (Å²) in [7, 11) is 0. The molecule has 0 spiro atoms. The highest BCUT2D eigenvalue weighted by Crippen LogP contribution is 2.21. The summed E-state index contributed by atoms with van der Waals surface area (Å²) in [5.41, 5.74) is 0.447. The van der Waals surface area contributed by atoms with Crippen molar-refractivity contribution in [3.63, 3.8) is 0 Å². The normalized spacial score (nSPS) is 18.1. The van der Waals surface area contributed by atoms with Crippen molar-refractivity contribution < 1.29 is 19.5 Å². The van der Waals surface area contributed by atoms with Gasteiger partial charge in [0.2, 0.25) is 5.91 Å². The van der Waals surface area contributed by atoms with Gasteiger partial charge in [-0.2, -0.15) is 0 Å². The third-order valence-corrected chi connectivity index (χ3v) is 4.73. The molecule has 27 heavy (non-hydrogen) atoms. The Morgan fingerprint density at radius 2 is 1.93 bits per heavy atom. The SMILES string of the molecule is CC(C)CNC(=O)N1CCCC(C(=O)NC(C(=O)O)c2ccc(Cl)cc2)C1. The van der Waals surface area contributed by atoms with E-state index in [4.69, 9.17) is 11.6 Å². The van der Waals surface area contributed by atoms with Crippen LogP contribution in [0.3, 0.4) is 0 Å². The van der Waals surface area contributed by atoms with Gasteiger partial charge in [0.05, 0.1) is 5.92 Å². The molecule has 1 saturated heterocycles. The molecule has 0 saturated carbocycles. The molecule has 1 aliphatic heterocycles. The number of hydrogen-bond acceptors (Lipinski definition) is 3. The minimum Gasteiger partial charge on any atom is -0.479 e. The maximum Gasteiger partial charge on any atom is 0.330 e. The number of benzene rings is 1. The summed E-state index contributed by atoms with van der Waals surface area (Å²) in [6.07, 6.45) is 1.32. The van der Waals surface area contributed by atoms with Gasteiger partial charge in [0.15, 0.2) is 6.04 Å². The van der Waals surface area contributed by atoms with Crippen molar-refractivity contribution in [2.24, 2.45) is 11.8 Å². The molecule has 0 aromatic heterocycles. The number of amides is 3. The van der Waals surface area contributed by atoms with Gasteiger partial charge >= 0.3 is 12.0 Å². The molecule has 0 aliphatic carbocycles. The topological polar surface area (TPSA) is 98.7 Å². The van der Waals surface area contributed by atoms with Gasteiger partial charge in [-0.1, -0.05) is 37.6 Å². The van der Waals surface area contributed by atoms with Crippen LogP contribution in [0.5, 0.6) is 0 Å². The second-order valence-electron chi connectivity index (χ2n) is 7.20. The van der Waals surface area contributed by atoms with Crippen LogP contribution in [0.15, 0.2) is 24.3 Å². The molecular formula is C19H26ClN3O4. The molecule has 3 N–H and O–H groups in total. The predicted molar refractivity (Wildman–Crippen MR) is 103 cm³/mol. The fourth-order valence-corrected chi connectivity index (χ4v) is 3.11. The first kappa shape index (κ1) is 21.0. The molecule has 7 nitrogen and oxygen atoms in total. The largest absolute Gasteiger partial charge is 0.479 e. The molecule has 1 heterocycles. The molecule has 0 bridgehead atoms. The smallest absolute Gasteiger partial charge is 0.330 e. The van der Waals surface area contributed by atoms with E-state index in [2.05, 4.69) is 10.6 Å². The number of rotatable bonds is 6. The molecule has 2 atom stereocenters. The lowest BCUT2D eigenvalue weighted by molar-refractivity contribution is -0.143. The Kier molecular flexibility index (Phi) is 7.47. The minimum atomic E-state index is -1.15. The molecule has 2 rings (SSSR count). The van der Waals surface area contributed by atoms with Crippen LogP contribution in [-0.2, 0) is 9.59 Å². The average Bonchev–Trinajstić information content (AvgIpc) is 2.64. The number of nitrogens with zero attached hydrogens (tertiary/aromatic N) is 1. The molecule has 3 amide bonds. The highest BCUT2D eigenvalue weighted by atomic mass is 35.5. The Hall–Kier alpha value is -2.28. The Balaban J connectivity index is 1.99. The summed E-state index contributed by atoms with van der Waals surface area (Å²) in [6.45, 7) is 5.46. The Bertz CT molecular complexity index is 678. The van der Waals surface area contributed by atoms with E-state index in [1.165, 1.54) is 0 Å². The van der Waals surface area contributed by atoms with Gasteiger partial charge in [0.1, 0.15) is 0 Å². The van der Waals surface area contributed by atoms with Gasteiger partial charge in [0.25, 0.3) is 0 Å². The third-order valence-electron chi connectivity index (χ3n) is 4.48. The Morgan fingerprint density at radius 1 is 1.26 bits per heavy atom. The molecular weight excluding hydrogens is 370 g/mol. The third kappa shape index (κ3) is 6.13. The number of carboxylic acids is 1. The molecule has 148 valence electrons. The highest BCUT2D eigenvalue weighted by Gasteiger charge is 2.31. The van der Waals surface area contributed by atoms with Gasteiger partial charge in [-0.05, 0) is 36.5 Å². The number of aliphatic carboxylic acids is 1. The van der Waals surface area contributed by atoms with Crippen molar-refractivity contribution in [2.75, 3.05) is 19.6 Å². The molecule has 1 aliphatic rings. The number of halogens is 1. The van der Waals surface area contributed by atoms with Gasteiger partial charge < -0.3 is 20.6 Å².